The quantitative estimate of drug-likeness (QED) is 0.0199. The summed E-state index contributed by atoms with van der Waals surface area (Å²) in [7, 11) is 0. The molecule has 66 heavy (non-hydrogen) atoms. The molecule has 6 heteroatoms. The molecule has 0 aliphatic rings. The van der Waals surface area contributed by atoms with Gasteiger partial charge in [0.15, 0.2) is 6.10 Å². The van der Waals surface area contributed by atoms with Gasteiger partial charge in [-0.25, -0.2) is 0 Å². The molecule has 0 rings (SSSR count). The Hall–Kier alpha value is -3.67. The summed E-state index contributed by atoms with van der Waals surface area (Å²) < 4.78 is 16.8. The molecule has 1 unspecified atom stereocenters. The van der Waals surface area contributed by atoms with Crippen molar-refractivity contribution in [3.05, 3.63) is 97.2 Å². The lowest BCUT2D eigenvalue weighted by Gasteiger charge is -2.18. The van der Waals surface area contributed by atoms with Gasteiger partial charge in [0, 0.05) is 19.3 Å². The van der Waals surface area contributed by atoms with Crippen LogP contribution in [-0.4, -0.2) is 37.2 Å². The molecule has 1 atom stereocenters. The molecule has 0 aromatic rings. The molecule has 0 aliphatic heterocycles. The first-order valence-corrected chi connectivity index (χ1v) is 27.3. The predicted molar refractivity (Wildman–Crippen MR) is 284 cm³/mol. The second-order valence-corrected chi connectivity index (χ2v) is 17.9. The summed E-state index contributed by atoms with van der Waals surface area (Å²) in [5, 5.41) is 0. The Kier molecular flexibility index (Phi) is 50.9. The van der Waals surface area contributed by atoms with E-state index in [1.807, 2.05) is 54.7 Å². The number of unbranched alkanes of at least 4 members (excludes halogenated alkanes) is 25. The minimum absolute atomic E-state index is 0.104. The number of hydrogen-bond acceptors (Lipinski definition) is 6. The molecule has 0 saturated heterocycles. The first-order valence-electron chi connectivity index (χ1n) is 27.3. The van der Waals surface area contributed by atoms with Crippen LogP contribution in [0.15, 0.2) is 97.2 Å². The van der Waals surface area contributed by atoms with Gasteiger partial charge >= 0.3 is 17.9 Å². The summed E-state index contributed by atoms with van der Waals surface area (Å²) in [6.45, 7) is 6.32. The van der Waals surface area contributed by atoms with Crippen LogP contribution >= 0.6 is 0 Å². The molecule has 0 aromatic heterocycles. The number of rotatable bonds is 48. The number of allylic oxidation sites excluding steroid dienone is 16. The van der Waals surface area contributed by atoms with Crippen LogP contribution in [0.2, 0.25) is 0 Å². The summed E-state index contributed by atoms with van der Waals surface area (Å²) in [6.07, 6.45) is 71.2. The lowest BCUT2D eigenvalue weighted by Crippen LogP contribution is -2.30. The molecule has 0 spiro atoms. The zero-order valence-electron chi connectivity index (χ0n) is 42.9. The zero-order chi connectivity index (χ0) is 47.9. The molecule has 6 nitrogen and oxygen atoms in total. The smallest absolute Gasteiger partial charge is 0.306 e. The van der Waals surface area contributed by atoms with Crippen LogP contribution in [0, 0.1) is 0 Å². The van der Waals surface area contributed by atoms with Gasteiger partial charge in [-0.2, -0.15) is 0 Å². The fourth-order valence-corrected chi connectivity index (χ4v) is 7.43. The third kappa shape index (κ3) is 51.3. The Balaban J connectivity index is 4.44. The average Bonchev–Trinajstić information content (AvgIpc) is 3.31. The number of ether oxygens (including phenoxy) is 3. The minimum atomic E-state index is -0.812. The second-order valence-electron chi connectivity index (χ2n) is 17.9. The summed E-state index contributed by atoms with van der Waals surface area (Å²) >= 11 is 0. The second kappa shape index (κ2) is 53.9. The lowest BCUT2D eigenvalue weighted by atomic mass is 10.0. The van der Waals surface area contributed by atoms with E-state index >= 15 is 0 Å². The molecule has 0 aliphatic carbocycles. The van der Waals surface area contributed by atoms with Crippen LogP contribution in [-0.2, 0) is 28.6 Å². The number of esters is 3. The maximum absolute atomic E-state index is 12.8. The molecule has 0 radical (unpaired) electrons. The standard InChI is InChI=1S/C60H100O6/c1-4-7-10-13-16-19-22-25-27-29-30-31-33-35-38-41-44-47-50-53-59(62)65-56-57(55-64-58(61)52-49-46-43-40-37-34-24-21-18-15-12-9-6-3)66-60(63)54-51-48-45-42-39-36-32-28-26-23-20-17-14-11-8-5-2/h8-9,11-12,15,17-18,20-21,24,26,28,34,37,40,43,57H,4-7,10,13-14,16,19,22-23,25,27,29-33,35-36,38-39,41-42,44-56H2,1-3H3/b11-8+,12-9+,18-15+,20-17+,24-21+,28-26+,37-34+,43-40+. The van der Waals surface area contributed by atoms with E-state index in [-0.39, 0.29) is 37.5 Å². The Morgan fingerprint density at radius 3 is 1.15 bits per heavy atom. The highest BCUT2D eigenvalue weighted by atomic mass is 16.6. The van der Waals surface area contributed by atoms with Crippen LogP contribution in [0.3, 0.4) is 0 Å². The molecule has 0 bridgehead atoms. The van der Waals surface area contributed by atoms with Crippen LogP contribution in [0.1, 0.15) is 245 Å². The minimum Gasteiger partial charge on any atom is -0.462 e. The largest absolute Gasteiger partial charge is 0.462 e. The van der Waals surface area contributed by atoms with E-state index < -0.39 is 6.10 Å². The highest BCUT2D eigenvalue weighted by Crippen LogP contribution is 2.16. The van der Waals surface area contributed by atoms with Gasteiger partial charge < -0.3 is 14.2 Å². The maximum Gasteiger partial charge on any atom is 0.306 e. The fourth-order valence-electron chi connectivity index (χ4n) is 7.43. The lowest BCUT2D eigenvalue weighted by molar-refractivity contribution is -0.167. The van der Waals surface area contributed by atoms with Crippen molar-refractivity contribution in [1.82, 2.24) is 0 Å². The van der Waals surface area contributed by atoms with Crippen molar-refractivity contribution in [2.75, 3.05) is 13.2 Å². The third-order valence-electron chi connectivity index (χ3n) is 11.5. The van der Waals surface area contributed by atoms with Crippen LogP contribution in [0.25, 0.3) is 0 Å². The number of carbonyl (C=O) groups is 3. The third-order valence-corrected chi connectivity index (χ3v) is 11.5. The first-order chi connectivity index (χ1) is 32.5. The Bertz CT molecular complexity index is 1330. The van der Waals surface area contributed by atoms with Gasteiger partial charge in [-0.3, -0.25) is 14.4 Å². The predicted octanol–water partition coefficient (Wildman–Crippen LogP) is 18.1. The normalized spacial score (nSPS) is 12.8. The van der Waals surface area contributed by atoms with Gasteiger partial charge in [0.1, 0.15) is 13.2 Å². The average molecular weight is 917 g/mol. The van der Waals surface area contributed by atoms with Crippen molar-refractivity contribution in [3.63, 3.8) is 0 Å². The Morgan fingerprint density at radius 1 is 0.333 bits per heavy atom. The Labute approximate surface area is 407 Å². The fraction of sp³-hybridized carbons (Fsp3) is 0.683. The van der Waals surface area contributed by atoms with Crippen molar-refractivity contribution < 1.29 is 28.6 Å². The van der Waals surface area contributed by atoms with Crippen molar-refractivity contribution in [2.45, 2.75) is 252 Å². The zero-order valence-corrected chi connectivity index (χ0v) is 42.9. The van der Waals surface area contributed by atoms with Crippen LogP contribution < -0.4 is 0 Å². The van der Waals surface area contributed by atoms with E-state index in [9.17, 15) is 14.4 Å². The number of carbonyl (C=O) groups excluding carboxylic acids is 3. The summed E-state index contributed by atoms with van der Waals surface area (Å²) in [4.78, 5) is 38.0. The topological polar surface area (TPSA) is 78.9 Å². The van der Waals surface area contributed by atoms with E-state index in [1.54, 1.807) is 0 Å². The molecular weight excluding hydrogens is 817 g/mol. The van der Waals surface area contributed by atoms with E-state index in [1.165, 1.54) is 116 Å². The summed E-state index contributed by atoms with van der Waals surface area (Å²) in [5.74, 6) is -0.993. The molecule has 376 valence electrons. The first kappa shape index (κ1) is 62.3. The monoisotopic (exact) mass is 917 g/mol. The van der Waals surface area contributed by atoms with Crippen LogP contribution in [0.5, 0.6) is 0 Å². The van der Waals surface area contributed by atoms with E-state index in [2.05, 4.69) is 63.3 Å². The van der Waals surface area contributed by atoms with Crippen molar-refractivity contribution in [3.8, 4) is 0 Å². The SMILES string of the molecule is CC/C=C/C=C/C=C/C=C/C=C/CCCC(=O)OCC(COC(=O)CCCCCCCCCCCCCCCCCCCCC)OC(=O)CCCCCCCC/C=C/C/C=C/C/C=C/CC. The molecule has 0 fully saturated rings. The molecule has 0 heterocycles. The van der Waals surface area contributed by atoms with Gasteiger partial charge in [-0.15, -0.1) is 0 Å². The number of hydrogen-bond donors (Lipinski definition) is 0. The maximum atomic E-state index is 12.8. The Morgan fingerprint density at radius 2 is 0.682 bits per heavy atom. The van der Waals surface area contributed by atoms with Gasteiger partial charge in [0.05, 0.1) is 0 Å². The van der Waals surface area contributed by atoms with E-state index in [0.717, 1.165) is 83.5 Å². The van der Waals surface area contributed by atoms with E-state index in [4.69, 9.17) is 14.2 Å². The molecule has 0 amide bonds. The van der Waals surface area contributed by atoms with Gasteiger partial charge in [-0.05, 0) is 64.2 Å². The van der Waals surface area contributed by atoms with Crippen molar-refractivity contribution in [1.29, 1.82) is 0 Å². The highest BCUT2D eigenvalue weighted by Gasteiger charge is 2.19. The van der Waals surface area contributed by atoms with Gasteiger partial charge in [0.2, 0.25) is 0 Å². The van der Waals surface area contributed by atoms with Crippen LogP contribution in [0.4, 0.5) is 0 Å². The van der Waals surface area contributed by atoms with Crippen molar-refractivity contribution >= 4 is 17.9 Å². The molecular formula is C60H100O6. The highest BCUT2D eigenvalue weighted by molar-refractivity contribution is 5.71. The molecule has 0 saturated carbocycles. The van der Waals surface area contributed by atoms with E-state index in [0.29, 0.717) is 19.3 Å². The van der Waals surface area contributed by atoms with Gasteiger partial charge in [-0.1, -0.05) is 259 Å². The van der Waals surface area contributed by atoms with Crippen molar-refractivity contribution in [2.24, 2.45) is 0 Å². The molecule has 0 N–H and O–H groups in total. The van der Waals surface area contributed by atoms with Gasteiger partial charge in [0.25, 0.3) is 0 Å². The summed E-state index contributed by atoms with van der Waals surface area (Å²) in [5.41, 5.74) is 0. The molecule has 0 aromatic carbocycles. The summed E-state index contributed by atoms with van der Waals surface area (Å²) in [6, 6.07) is 0.